The molecule has 2 aromatic rings. The van der Waals surface area contributed by atoms with Gasteiger partial charge in [-0.05, 0) is 67.5 Å². The van der Waals surface area contributed by atoms with E-state index in [1.54, 1.807) is 0 Å². The molecule has 0 radical (unpaired) electrons. The Balaban J connectivity index is 1.87. The first-order valence-electron chi connectivity index (χ1n) is 7.76. The highest BCUT2D eigenvalue weighted by atomic mass is 15.1. The van der Waals surface area contributed by atoms with Crippen LogP contribution in [0.4, 0.5) is 5.69 Å². The van der Waals surface area contributed by atoms with Crippen LogP contribution < -0.4 is 4.90 Å². The number of aryl methyl sites for hydroxylation is 3. The number of rotatable bonds is 3. The lowest BCUT2D eigenvalue weighted by molar-refractivity contribution is 0.685. The molecule has 21 heavy (non-hydrogen) atoms. The summed E-state index contributed by atoms with van der Waals surface area (Å²) in [6.45, 7) is 6.40. The van der Waals surface area contributed by atoms with Crippen LogP contribution >= 0.6 is 0 Å². The monoisotopic (exact) mass is 277 g/mol. The minimum Gasteiger partial charge on any atom is -0.345 e. The number of fused-ring (bicyclic) bond motifs is 1. The average Bonchev–Trinajstić information content (AvgIpc) is 2.53. The Labute approximate surface area is 127 Å². The second kappa shape index (κ2) is 5.77. The van der Waals surface area contributed by atoms with Crippen LogP contribution in [0.5, 0.6) is 0 Å². The summed E-state index contributed by atoms with van der Waals surface area (Å²) in [4.78, 5) is 2.20. The van der Waals surface area contributed by atoms with Crippen molar-refractivity contribution >= 4 is 11.4 Å². The van der Waals surface area contributed by atoms with E-state index >= 15 is 0 Å². The molecule has 1 heteroatoms. The molecule has 0 N–H and O–H groups in total. The van der Waals surface area contributed by atoms with Gasteiger partial charge in [0.1, 0.15) is 0 Å². The molecular formula is C20H23N. The lowest BCUT2D eigenvalue weighted by atomic mass is 9.91. The largest absolute Gasteiger partial charge is 0.345 e. The maximum absolute atomic E-state index is 4.28. The predicted molar refractivity (Wildman–Crippen MR) is 91.7 cm³/mol. The van der Waals surface area contributed by atoms with Crippen LogP contribution in [0, 0.1) is 6.92 Å². The van der Waals surface area contributed by atoms with E-state index in [0.717, 1.165) is 5.70 Å². The van der Waals surface area contributed by atoms with Crippen LogP contribution in [0.1, 0.15) is 35.1 Å². The first-order chi connectivity index (χ1) is 10.1. The van der Waals surface area contributed by atoms with Crippen molar-refractivity contribution in [1.29, 1.82) is 0 Å². The Morgan fingerprint density at radius 1 is 1.00 bits per heavy atom. The molecule has 0 atom stereocenters. The maximum atomic E-state index is 4.28. The van der Waals surface area contributed by atoms with Crippen molar-refractivity contribution in [2.75, 3.05) is 11.9 Å². The summed E-state index contributed by atoms with van der Waals surface area (Å²) >= 11 is 0. The molecule has 2 aromatic carbocycles. The van der Waals surface area contributed by atoms with Crippen LogP contribution in [-0.2, 0) is 12.8 Å². The fourth-order valence-corrected chi connectivity index (χ4v) is 3.10. The summed E-state index contributed by atoms with van der Waals surface area (Å²) in [5, 5.41) is 0. The van der Waals surface area contributed by atoms with E-state index in [1.165, 1.54) is 53.6 Å². The Hall–Kier alpha value is -2.02. The van der Waals surface area contributed by atoms with Crippen LogP contribution in [0.2, 0.25) is 0 Å². The summed E-state index contributed by atoms with van der Waals surface area (Å²) in [7, 11) is 2.11. The highest BCUT2D eigenvalue weighted by Crippen LogP contribution is 2.29. The lowest BCUT2D eigenvalue weighted by Gasteiger charge is -2.25. The van der Waals surface area contributed by atoms with Gasteiger partial charge < -0.3 is 4.90 Å². The average molecular weight is 277 g/mol. The first-order valence-corrected chi connectivity index (χ1v) is 7.76. The zero-order chi connectivity index (χ0) is 14.8. The van der Waals surface area contributed by atoms with Gasteiger partial charge in [0.25, 0.3) is 0 Å². The number of nitrogens with zero attached hydrogens (tertiary/aromatic N) is 1. The molecule has 0 aliphatic heterocycles. The topological polar surface area (TPSA) is 3.24 Å². The third kappa shape index (κ3) is 2.87. The van der Waals surface area contributed by atoms with Gasteiger partial charge in [-0.25, -0.2) is 0 Å². The molecule has 0 fully saturated rings. The second-order valence-corrected chi connectivity index (χ2v) is 6.04. The van der Waals surface area contributed by atoms with Gasteiger partial charge in [-0.15, -0.1) is 0 Å². The number of benzene rings is 2. The molecule has 0 unspecified atom stereocenters. The number of hydrogen-bond acceptors (Lipinski definition) is 1. The van der Waals surface area contributed by atoms with Crippen LogP contribution in [0.15, 0.2) is 49.0 Å². The van der Waals surface area contributed by atoms with E-state index in [2.05, 4.69) is 67.9 Å². The predicted octanol–water partition coefficient (Wildman–Crippen LogP) is 4.98. The van der Waals surface area contributed by atoms with Crippen molar-refractivity contribution < 1.29 is 0 Å². The Bertz CT molecular complexity index is 669. The molecule has 1 nitrogen and oxygen atoms in total. The molecule has 0 saturated carbocycles. The molecule has 1 aliphatic rings. The van der Waals surface area contributed by atoms with Gasteiger partial charge in [-0.2, -0.15) is 0 Å². The molecule has 3 rings (SSSR count). The smallest absolute Gasteiger partial charge is 0.0411 e. The summed E-state index contributed by atoms with van der Waals surface area (Å²) in [6, 6.07) is 15.4. The number of hydrogen-bond donors (Lipinski definition) is 0. The highest BCUT2D eigenvalue weighted by molar-refractivity contribution is 5.77. The van der Waals surface area contributed by atoms with Crippen molar-refractivity contribution in [3.63, 3.8) is 0 Å². The summed E-state index contributed by atoms with van der Waals surface area (Å²) in [5.74, 6) is 0. The maximum Gasteiger partial charge on any atom is 0.0411 e. The van der Waals surface area contributed by atoms with Crippen LogP contribution in [-0.4, -0.2) is 7.05 Å². The van der Waals surface area contributed by atoms with Crippen LogP contribution in [0.3, 0.4) is 0 Å². The van der Waals surface area contributed by atoms with E-state index < -0.39 is 0 Å². The van der Waals surface area contributed by atoms with E-state index in [0.29, 0.717) is 0 Å². The van der Waals surface area contributed by atoms with Crippen LogP contribution in [0.25, 0.3) is 5.70 Å². The SMILES string of the molecule is C=C(c1cccc(C)c1)N(C)c1ccc2c(c1)CCCC2. The zero-order valence-electron chi connectivity index (χ0n) is 13.0. The Morgan fingerprint density at radius 3 is 2.52 bits per heavy atom. The molecular weight excluding hydrogens is 254 g/mol. The summed E-state index contributed by atoms with van der Waals surface area (Å²) in [6.07, 6.45) is 5.10. The van der Waals surface area contributed by atoms with Gasteiger partial charge in [0, 0.05) is 18.4 Å². The minimum atomic E-state index is 1.05. The molecule has 0 aromatic heterocycles. The van der Waals surface area contributed by atoms with Crippen molar-refractivity contribution in [2.45, 2.75) is 32.6 Å². The zero-order valence-corrected chi connectivity index (χ0v) is 13.0. The second-order valence-electron chi connectivity index (χ2n) is 6.04. The van der Waals surface area contributed by atoms with E-state index in [9.17, 15) is 0 Å². The third-order valence-corrected chi connectivity index (χ3v) is 4.48. The van der Waals surface area contributed by atoms with E-state index in [1.807, 2.05) is 0 Å². The fraction of sp³-hybridized carbons (Fsp3) is 0.300. The lowest BCUT2D eigenvalue weighted by Crippen LogP contribution is -2.15. The Morgan fingerprint density at radius 2 is 1.76 bits per heavy atom. The van der Waals surface area contributed by atoms with E-state index in [-0.39, 0.29) is 0 Å². The molecule has 0 amide bonds. The van der Waals surface area contributed by atoms with Gasteiger partial charge in [0.15, 0.2) is 0 Å². The molecule has 0 saturated heterocycles. The third-order valence-electron chi connectivity index (χ3n) is 4.48. The highest BCUT2D eigenvalue weighted by Gasteiger charge is 2.13. The van der Waals surface area contributed by atoms with E-state index in [4.69, 9.17) is 0 Å². The normalized spacial score (nSPS) is 13.6. The fourth-order valence-electron chi connectivity index (χ4n) is 3.10. The summed E-state index contributed by atoms with van der Waals surface area (Å²) < 4.78 is 0. The van der Waals surface area contributed by atoms with Gasteiger partial charge in [0.05, 0.1) is 0 Å². The van der Waals surface area contributed by atoms with Gasteiger partial charge in [-0.3, -0.25) is 0 Å². The Kier molecular flexibility index (Phi) is 3.83. The quantitative estimate of drug-likeness (QED) is 0.764. The molecule has 1 aliphatic carbocycles. The number of anilines is 1. The first kappa shape index (κ1) is 13.9. The van der Waals surface area contributed by atoms with Crippen molar-refractivity contribution in [1.82, 2.24) is 0 Å². The van der Waals surface area contributed by atoms with Gasteiger partial charge >= 0.3 is 0 Å². The standard InChI is InChI=1S/C20H23N/c1-15-7-6-10-18(13-15)16(2)21(3)20-12-11-17-8-4-5-9-19(17)14-20/h6-7,10-14H,2,4-5,8-9H2,1,3H3. The van der Waals surface area contributed by atoms with Crippen molar-refractivity contribution in [2.24, 2.45) is 0 Å². The van der Waals surface area contributed by atoms with Crippen molar-refractivity contribution in [3.8, 4) is 0 Å². The van der Waals surface area contributed by atoms with Crippen molar-refractivity contribution in [3.05, 3.63) is 71.3 Å². The summed E-state index contributed by atoms with van der Waals surface area (Å²) in [5.41, 5.74) is 7.79. The minimum absolute atomic E-state index is 1.05. The molecule has 108 valence electrons. The molecule has 0 bridgehead atoms. The van der Waals surface area contributed by atoms with Gasteiger partial charge in [0.2, 0.25) is 0 Å². The van der Waals surface area contributed by atoms with Gasteiger partial charge in [-0.1, -0.05) is 36.4 Å². The molecule has 0 spiro atoms. The molecule has 0 heterocycles.